The SMILES string of the molecule is COc1ccc(C#CC=O)cc1C=O. The van der Waals surface area contributed by atoms with Crippen LogP contribution in [-0.4, -0.2) is 19.7 Å². The third-order valence-corrected chi connectivity index (χ3v) is 1.63. The Balaban J connectivity index is 3.13. The number of hydrogen-bond donors (Lipinski definition) is 0. The fourth-order valence-corrected chi connectivity index (χ4v) is 1.02. The Hall–Kier alpha value is -2.08. The fourth-order valence-electron chi connectivity index (χ4n) is 1.02. The molecule has 0 aliphatic heterocycles. The molecule has 0 N–H and O–H groups in total. The van der Waals surface area contributed by atoms with E-state index in [2.05, 4.69) is 11.8 Å². The van der Waals surface area contributed by atoms with Crippen molar-refractivity contribution in [2.45, 2.75) is 0 Å². The van der Waals surface area contributed by atoms with Crippen molar-refractivity contribution in [2.75, 3.05) is 7.11 Å². The Bertz CT molecular complexity index is 410. The standard InChI is InChI=1S/C11H8O3/c1-14-11-5-4-9(3-2-6-12)7-10(11)8-13/h4-8H,1H3. The van der Waals surface area contributed by atoms with E-state index in [9.17, 15) is 9.59 Å². The summed E-state index contributed by atoms with van der Waals surface area (Å²) in [4.78, 5) is 20.6. The molecular formula is C11H8O3. The van der Waals surface area contributed by atoms with Crippen LogP contribution in [0.5, 0.6) is 5.75 Å². The lowest BCUT2D eigenvalue weighted by atomic mass is 10.1. The highest BCUT2D eigenvalue weighted by molar-refractivity contribution is 5.81. The molecule has 1 aromatic carbocycles. The Morgan fingerprint density at radius 3 is 2.71 bits per heavy atom. The van der Waals surface area contributed by atoms with Crippen molar-refractivity contribution in [2.24, 2.45) is 0 Å². The minimum atomic E-state index is 0.421. The largest absolute Gasteiger partial charge is 0.496 e. The summed E-state index contributed by atoms with van der Waals surface area (Å²) in [7, 11) is 1.49. The van der Waals surface area contributed by atoms with Gasteiger partial charge in [0.25, 0.3) is 0 Å². The summed E-state index contributed by atoms with van der Waals surface area (Å²) in [6.45, 7) is 0. The zero-order valence-corrected chi connectivity index (χ0v) is 7.61. The van der Waals surface area contributed by atoms with Gasteiger partial charge >= 0.3 is 0 Å². The van der Waals surface area contributed by atoms with Gasteiger partial charge in [-0.2, -0.15) is 0 Å². The first-order chi connectivity index (χ1) is 6.81. The summed E-state index contributed by atoms with van der Waals surface area (Å²) in [5.41, 5.74) is 1.03. The average molecular weight is 188 g/mol. The molecule has 14 heavy (non-hydrogen) atoms. The Labute approximate surface area is 81.7 Å². The smallest absolute Gasteiger partial charge is 0.193 e. The first-order valence-corrected chi connectivity index (χ1v) is 3.90. The summed E-state index contributed by atoms with van der Waals surface area (Å²) in [5, 5.41) is 0. The maximum Gasteiger partial charge on any atom is 0.193 e. The van der Waals surface area contributed by atoms with Crippen molar-refractivity contribution in [1.82, 2.24) is 0 Å². The number of methoxy groups -OCH3 is 1. The average Bonchev–Trinajstić information content (AvgIpc) is 2.25. The van der Waals surface area contributed by atoms with Crippen LogP contribution in [0.1, 0.15) is 15.9 Å². The van der Waals surface area contributed by atoms with Gasteiger partial charge in [-0.15, -0.1) is 0 Å². The highest BCUT2D eigenvalue weighted by Gasteiger charge is 2.01. The van der Waals surface area contributed by atoms with E-state index >= 15 is 0 Å². The molecule has 0 aliphatic carbocycles. The first-order valence-electron chi connectivity index (χ1n) is 3.90. The summed E-state index contributed by atoms with van der Waals surface area (Å²) in [6, 6.07) is 4.89. The second-order valence-electron chi connectivity index (χ2n) is 2.46. The van der Waals surface area contributed by atoms with Crippen molar-refractivity contribution in [3.05, 3.63) is 29.3 Å². The lowest BCUT2D eigenvalue weighted by molar-refractivity contribution is -0.103. The number of carbonyl (C=O) groups is 2. The molecule has 3 nitrogen and oxygen atoms in total. The van der Waals surface area contributed by atoms with Crippen LogP contribution in [0, 0.1) is 11.8 Å². The molecule has 0 bridgehead atoms. The van der Waals surface area contributed by atoms with Gasteiger partial charge in [0.15, 0.2) is 12.6 Å². The second kappa shape index (κ2) is 4.83. The maximum absolute atomic E-state index is 10.6. The van der Waals surface area contributed by atoms with Gasteiger partial charge in [0.1, 0.15) is 5.75 Å². The number of carbonyl (C=O) groups excluding carboxylic acids is 2. The van der Waals surface area contributed by atoms with Crippen LogP contribution in [0.15, 0.2) is 18.2 Å². The zero-order valence-electron chi connectivity index (χ0n) is 7.61. The molecule has 0 atom stereocenters. The van der Waals surface area contributed by atoms with Gasteiger partial charge in [-0.05, 0) is 24.1 Å². The molecule has 0 aliphatic rings. The van der Waals surface area contributed by atoms with Crippen LogP contribution < -0.4 is 4.74 Å². The Kier molecular flexibility index (Phi) is 3.45. The molecule has 0 spiro atoms. The molecule has 0 amide bonds. The molecule has 0 fully saturated rings. The zero-order chi connectivity index (χ0) is 10.4. The van der Waals surface area contributed by atoms with Crippen molar-refractivity contribution in [1.29, 1.82) is 0 Å². The van der Waals surface area contributed by atoms with Crippen molar-refractivity contribution in [3.63, 3.8) is 0 Å². The predicted molar refractivity (Wildman–Crippen MR) is 51.3 cm³/mol. The quantitative estimate of drug-likeness (QED) is 0.514. The molecular weight excluding hydrogens is 180 g/mol. The van der Waals surface area contributed by atoms with Crippen LogP contribution in [0.4, 0.5) is 0 Å². The molecule has 0 heterocycles. The molecule has 1 aromatic rings. The number of aldehydes is 2. The Morgan fingerprint density at radius 2 is 2.14 bits per heavy atom. The lowest BCUT2D eigenvalue weighted by Crippen LogP contribution is -1.90. The van der Waals surface area contributed by atoms with Crippen LogP contribution in [0.2, 0.25) is 0 Å². The van der Waals surface area contributed by atoms with Crippen molar-refractivity contribution >= 4 is 12.6 Å². The second-order valence-corrected chi connectivity index (χ2v) is 2.46. The third-order valence-electron chi connectivity index (χ3n) is 1.63. The minimum absolute atomic E-state index is 0.421. The van der Waals surface area contributed by atoms with Gasteiger partial charge in [-0.25, -0.2) is 0 Å². The van der Waals surface area contributed by atoms with Gasteiger partial charge in [0.05, 0.1) is 12.7 Å². The molecule has 0 saturated heterocycles. The van der Waals surface area contributed by atoms with Crippen LogP contribution >= 0.6 is 0 Å². The van der Waals surface area contributed by atoms with Gasteiger partial charge in [-0.1, -0.05) is 5.92 Å². The van der Waals surface area contributed by atoms with E-state index in [1.165, 1.54) is 7.11 Å². The molecule has 70 valence electrons. The highest BCUT2D eigenvalue weighted by atomic mass is 16.5. The van der Waals surface area contributed by atoms with Crippen LogP contribution in [-0.2, 0) is 4.79 Å². The summed E-state index contributed by atoms with van der Waals surface area (Å²) < 4.78 is 4.95. The van der Waals surface area contributed by atoms with Gasteiger partial charge in [-0.3, -0.25) is 9.59 Å². The minimum Gasteiger partial charge on any atom is -0.496 e. The molecule has 0 aromatic heterocycles. The molecule has 1 rings (SSSR count). The van der Waals surface area contributed by atoms with Gasteiger partial charge in [0.2, 0.25) is 0 Å². The fraction of sp³-hybridized carbons (Fsp3) is 0.0909. The monoisotopic (exact) mass is 188 g/mol. The third kappa shape index (κ3) is 2.20. The normalized spacial score (nSPS) is 8.36. The molecule has 3 heteroatoms. The van der Waals surface area contributed by atoms with E-state index in [1.807, 2.05) is 0 Å². The van der Waals surface area contributed by atoms with Gasteiger partial charge < -0.3 is 4.74 Å². The number of benzene rings is 1. The van der Waals surface area contributed by atoms with E-state index in [0.717, 1.165) is 0 Å². The summed E-state index contributed by atoms with van der Waals surface area (Å²) in [6.07, 6.45) is 1.19. The van der Waals surface area contributed by atoms with Crippen molar-refractivity contribution < 1.29 is 14.3 Å². The van der Waals surface area contributed by atoms with E-state index in [-0.39, 0.29) is 0 Å². The summed E-state index contributed by atoms with van der Waals surface area (Å²) >= 11 is 0. The van der Waals surface area contributed by atoms with Crippen LogP contribution in [0.25, 0.3) is 0 Å². The first kappa shape index (κ1) is 10.0. The predicted octanol–water partition coefficient (Wildman–Crippen LogP) is 1.06. The molecule has 0 radical (unpaired) electrons. The lowest BCUT2D eigenvalue weighted by Gasteiger charge is -2.02. The Morgan fingerprint density at radius 1 is 1.36 bits per heavy atom. The van der Waals surface area contributed by atoms with Gasteiger partial charge in [0, 0.05) is 5.56 Å². The maximum atomic E-state index is 10.6. The van der Waals surface area contributed by atoms with E-state index in [1.54, 1.807) is 18.2 Å². The summed E-state index contributed by atoms with van der Waals surface area (Å²) in [5.74, 6) is 5.35. The topological polar surface area (TPSA) is 43.4 Å². The van der Waals surface area contributed by atoms with E-state index in [4.69, 9.17) is 4.74 Å². The van der Waals surface area contributed by atoms with Crippen LogP contribution in [0.3, 0.4) is 0 Å². The van der Waals surface area contributed by atoms with E-state index < -0.39 is 0 Å². The highest BCUT2D eigenvalue weighted by Crippen LogP contribution is 2.17. The number of hydrogen-bond acceptors (Lipinski definition) is 3. The molecule has 0 unspecified atom stereocenters. The molecule has 0 saturated carbocycles. The van der Waals surface area contributed by atoms with E-state index in [0.29, 0.717) is 29.4 Å². The number of ether oxygens (including phenoxy) is 1. The number of rotatable bonds is 2. The van der Waals surface area contributed by atoms with Crippen molar-refractivity contribution in [3.8, 4) is 17.6 Å².